The molecule has 1 atom stereocenters. The second-order valence-electron chi connectivity index (χ2n) is 3.73. The maximum atomic E-state index is 11.6. The normalized spacial score (nSPS) is 19.4. The second-order valence-corrected chi connectivity index (χ2v) is 3.73. The van der Waals surface area contributed by atoms with Gasteiger partial charge in [0.05, 0.1) is 6.54 Å². The first kappa shape index (κ1) is 13.4. The van der Waals surface area contributed by atoms with Crippen LogP contribution in [0.4, 0.5) is 0 Å². The first-order valence-electron chi connectivity index (χ1n) is 5.68. The number of nitrogens with one attached hydrogen (secondary N) is 4. The molecular weight excluding hydrogens is 224 g/mol. The molecule has 1 fully saturated rings. The highest BCUT2D eigenvalue weighted by atomic mass is 16.2. The Hall–Kier alpha value is -1.63. The number of carbonyl (C=O) groups is 3. The van der Waals surface area contributed by atoms with Crippen LogP contribution in [-0.2, 0) is 14.4 Å². The molecule has 1 aliphatic rings. The Morgan fingerprint density at radius 1 is 1.41 bits per heavy atom. The molecule has 1 rings (SSSR count). The van der Waals surface area contributed by atoms with Gasteiger partial charge in [-0.25, -0.2) is 0 Å². The summed E-state index contributed by atoms with van der Waals surface area (Å²) in [6, 6.07) is -0.415. The molecule has 17 heavy (non-hydrogen) atoms. The average molecular weight is 242 g/mol. The van der Waals surface area contributed by atoms with Gasteiger partial charge in [0, 0.05) is 26.1 Å². The van der Waals surface area contributed by atoms with E-state index in [2.05, 4.69) is 21.3 Å². The van der Waals surface area contributed by atoms with E-state index in [1.807, 2.05) is 6.92 Å². The first-order chi connectivity index (χ1) is 8.13. The van der Waals surface area contributed by atoms with E-state index in [1.54, 1.807) is 0 Å². The van der Waals surface area contributed by atoms with E-state index in [0.29, 0.717) is 13.1 Å². The summed E-state index contributed by atoms with van der Waals surface area (Å²) >= 11 is 0. The average Bonchev–Trinajstić information content (AvgIpc) is 2.30. The lowest BCUT2D eigenvalue weighted by Gasteiger charge is -2.23. The van der Waals surface area contributed by atoms with E-state index < -0.39 is 6.04 Å². The van der Waals surface area contributed by atoms with E-state index in [0.717, 1.165) is 0 Å². The van der Waals surface area contributed by atoms with Crippen molar-refractivity contribution in [3.05, 3.63) is 0 Å². The summed E-state index contributed by atoms with van der Waals surface area (Å²) in [5.74, 6) is -0.400. The Labute approximate surface area is 99.7 Å². The molecule has 0 aromatic heterocycles. The van der Waals surface area contributed by atoms with Crippen LogP contribution in [0.5, 0.6) is 0 Å². The highest BCUT2D eigenvalue weighted by Gasteiger charge is 2.23. The second kappa shape index (κ2) is 6.85. The highest BCUT2D eigenvalue weighted by molar-refractivity contribution is 5.87. The minimum Gasteiger partial charge on any atom is -0.356 e. The zero-order chi connectivity index (χ0) is 12.7. The molecule has 0 spiro atoms. The number of amides is 3. The molecule has 96 valence electrons. The smallest absolute Gasteiger partial charge is 0.238 e. The SMILES string of the molecule is CCNC(=O)CCNC(=O)C1CNC(=O)CN1. The van der Waals surface area contributed by atoms with Gasteiger partial charge in [-0.15, -0.1) is 0 Å². The topological polar surface area (TPSA) is 99.3 Å². The van der Waals surface area contributed by atoms with Crippen molar-refractivity contribution >= 4 is 17.7 Å². The predicted molar refractivity (Wildman–Crippen MR) is 61.1 cm³/mol. The van der Waals surface area contributed by atoms with Crippen LogP contribution in [0.25, 0.3) is 0 Å². The van der Waals surface area contributed by atoms with Crippen LogP contribution in [0.2, 0.25) is 0 Å². The molecule has 0 bridgehead atoms. The molecule has 4 N–H and O–H groups in total. The molecule has 3 amide bonds. The van der Waals surface area contributed by atoms with E-state index >= 15 is 0 Å². The third-order valence-corrected chi connectivity index (χ3v) is 2.35. The fourth-order valence-corrected chi connectivity index (χ4v) is 1.46. The zero-order valence-electron chi connectivity index (χ0n) is 9.84. The van der Waals surface area contributed by atoms with Gasteiger partial charge in [-0.05, 0) is 6.92 Å². The van der Waals surface area contributed by atoms with Crippen LogP contribution in [-0.4, -0.2) is 49.9 Å². The summed E-state index contributed by atoms with van der Waals surface area (Å²) < 4.78 is 0. The number of hydrogen-bond donors (Lipinski definition) is 4. The number of piperazine rings is 1. The third-order valence-electron chi connectivity index (χ3n) is 2.35. The van der Waals surface area contributed by atoms with Crippen molar-refractivity contribution in [2.45, 2.75) is 19.4 Å². The van der Waals surface area contributed by atoms with Gasteiger partial charge in [0.15, 0.2) is 0 Å². The van der Waals surface area contributed by atoms with Gasteiger partial charge in [0.2, 0.25) is 17.7 Å². The third kappa shape index (κ3) is 4.81. The predicted octanol–water partition coefficient (Wildman–Crippen LogP) is -2.28. The molecule has 1 unspecified atom stereocenters. The van der Waals surface area contributed by atoms with Crippen molar-refractivity contribution in [3.63, 3.8) is 0 Å². The molecule has 0 radical (unpaired) electrons. The fraction of sp³-hybridized carbons (Fsp3) is 0.700. The molecule has 7 heteroatoms. The largest absolute Gasteiger partial charge is 0.356 e. The van der Waals surface area contributed by atoms with E-state index in [-0.39, 0.29) is 37.2 Å². The van der Waals surface area contributed by atoms with Gasteiger partial charge in [-0.2, -0.15) is 0 Å². The minimum absolute atomic E-state index is 0.0855. The molecule has 0 saturated carbocycles. The molecule has 0 aromatic carbocycles. The lowest BCUT2D eigenvalue weighted by atomic mass is 10.2. The lowest BCUT2D eigenvalue weighted by molar-refractivity contribution is -0.126. The standard InChI is InChI=1S/C10H18N4O3/c1-2-11-8(15)3-4-12-10(17)7-5-14-9(16)6-13-7/h7,13H,2-6H2,1H3,(H,11,15)(H,12,17)(H,14,16). The number of hydrogen-bond acceptors (Lipinski definition) is 4. The van der Waals surface area contributed by atoms with Crippen molar-refractivity contribution in [2.75, 3.05) is 26.2 Å². The Morgan fingerprint density at radius 2 is 2.18 bits per heavy atom. The highest BCUT2D eigenvalue weighted by Crippen LogP contribution is 1.88. The Morgan fingerprint density at radius 3 is 2.76 bits per heavy atom. The van der Waals surface area contributed by atoms with Crippen molar-refractivity contribution in [2.24, 2.45) is 0 Å². The van der Waals surface area contributed by atoms with Crippen LogP contribution >= 0.6 is 0 Å². The maximum Gasteiger partial charge on any atom is 0.238 e. The van der Waals surface area contributed by atoms with E-state index in [9.17, 15) is 14.4 Å². The van der Waals surface area contributed by atoms with Crippen LogP contribution < -0.4 is 21.3 Å². The van der Waals surface area contributed by atoms with Crippen molar-refractivity contribution in [1.29, 1.82) is 0 Å². The van der Waals surface area contributed by atoms with Gasteiger partial charge >= 0.3 is 0 Å². The van der Waals surface area contributed by atoms with Gasteiger partial charge in [0.1, 0.15) is 6.04 Å². The first-order valence-corrected chi connectivity index (χ1v) is 5.68. The molecular formula is C10H18N4O3. The number of rotatable bonds is 5. The van der Waals surface area contributed by atoms with E-state index in [1.165, 1.54) is 0 Å². The van der Waals surface area contributed by atoms with Crippen molar-refractivity contribution in [3.8, 4) is 0 Å². The maximum absolute atomic E-state index is 11.6. The molecule has 7 nitrogen and oxygen atoms in total. The van der Waals surface area contributed by atoms with Crippen LogP contribution in [0.3, 0.4) is 0 Å². The summed E-state index contributed by atoms with van der Waals surface area (Å²) in [4.78, 5) is 33.5. The molecule has 1 saturated heterocycles. The van der Waals surface area contributed by atoms with Crippen molar-refractivity contribution in [1.82, 2.24) is 21.3 Å². The van der Waals surface area contributed by atoms with Crippen LogP contribution in [0, 0.1) is 0 Å². The Kier molecular flexibility index (Phi) is 5.41. The quantitative estimate of drug-likeness (QED) is 0.436. The summed E-state index contributed by atoms with van der Waals surface area (Å²) in [7, 11) is 0. The van der Waals surface area contributed by atoms with Gasteiger partial charge < -0.3 is 16.0 Å². The van der Waals surface area contributed by atoms with Gasteiger partial charge in [-0.3, -0.25) is 19.7 Å². The molecule has 0 aliphatic carbocycles. The minimum atomic E-state index is -0.415. The van der Waals surface area contributed by atoms with Crippen molar-refractivity contribution < 1.29 is 14.4 Å². The van der Waals surface area contributed by atoms with Crippen LogP contribution in [0.1, 0.15) is 13.3 Å². The Bertz CT molecular complexity index is 296. The molecule has 1 heterocycles. The zero-order valence-corrected chi connectivity index (χ0v) is 9.84. The Balaban J connectivity index is 2.16. The summed E-state index contributed by atoms with van der Waals surface area (Å²) in [6.07, 6.45) is 0.263. The molecule has 0 aromatic rings. The van der Waals surface area contributed by atoms with Crippen LogP contribution in [0.15, 0.2) is 0 Å². The number of carbonyl (C=O) groups excluding carboxylic acids is 3. The summed E-state index contributed by atoms with van der Waals surface area (Å²) in [6.45, 7) is 3.16. The lowest BCUT2D eigenvalue weighted by Crippen LogP contribution is -2.58. The molecule has 1 aliphatic heterocycles. The van der Waals surface area contributed by atoms with E-state index in [4.69, 9.17) is 0 Å². The van der Waals surface area contributed by atoms with Gasteiger partial charge in [0.25, 0.3) is 0 Å². The summed E-state index contributed by atoms with van der Waals surface area (Å²) in [5.41, 5.74) is 0. The monoisotopic (exact) mass is 242 g/mol. The van der Waals surface area contributed by atoms with Gasteiger partial charge in [-0.1, -0.05) is 0 Å². The fourth-order valence-electron chi connectivity index (χ4n) is 1.46. The summed E-state index contributed by atoms with van der Waals surface area (Å²) in [5, 5.41) is 10.7.